The number of hydrogen-bond donors (Lipinski definition) is 1. The van der Waals surface area contributed by atoms with Crippen molar-refractivity contribution in [3.63, 3.8) is 0 Å². The normalized spacial score (nSPS) is 20.6. The Morgan fingerprint density at radius 3 is 2.37 bits per heavy atom. The van der Waals surface area contributed by atoms with Crippen LogP contribution in [-0.4, -0.2) is 35.8 Å². The Labute approximate surface area is 214 Å². The van der Waals surface area contributed by atoms with E-state index in [9.17, 15) is 14.4 Å². The highest BCUT2D eigenvalue weighted by Gasteiger charge is 2.56. The van der Waals surface area contributed by atoms with E-state index < -0.39 is 41.2 Å². The predicted octanol–water partition coefficient (Wildman–Crippen LogP) is 5.34. The van der Waals surface area contributed by atoms with E-state index in [4.69, 9.17) is 14.2 Å². The molecular weight excluding hydrogens is 514 g/mol. The van der Waals surface area contributed by atoms with Gasteiger partial charge in [-0.3, -0.25) is 9.59 Å². The van der Waals surface area contributed by atoms with Gasteiger partial charge in [-0.15, -0.1) is 0 Å². The lowest BCUT2D eigenvalue weighted by Gasteiger charge is -2.27. The number of ether oxygens (including phenoxy) is 3. The van der Waals surface area contributed by atoms with E-state index in [2.05, 4.69) is 21.2 Å². The van der Waals surface area contributed by atoms with Crippen molar-refractivity contribution >= 4 is 34.0 Å². The van der Waals surface area contributed by atoms with Crippen LogP contribution in [0.5, 0.6) is 0 Å². The molecule has 1 aliphatic heterocycles. The molecule has 35 heavy (non-hydrogen) atoms. The standard InChI is InChI=1S/C27H32BrNO6/c1-5-27(23(30)33-17-19-11-13-20(28)14-12-19)16-22(34-24(27)31)21(15-18-9-7-6-8-10-18)29-25(32)35-26(2,3)4/h6-14,21-22H,5,15-17H2,1-4H3,(H,29,32)/t21-,22-,27?/m0/s1. The summed E-state index contributed by atoms with van der Waals surface area (Å²) < 4.78 is 17.6. The van der Waals surface area contributed by atoms with Crippen LogP contribution in [0.4, 0.5) is 4.79 Å². The fourth-order valence-corrected chi connectivity index (χ4v) is 4.28. The van der Waals surface area contributed by atoms with Crippen LogP contribution in [-0.2, 0) is 36.8 Å². The van der Waals surface area contributed by atoms with Gasteiger partial charge in [-0.25, -0.2) is 4.79 Å². The summed E-state index contributed by atoms with van der Waals surface area (Å²) in [5, 5.41) is 2.85. The number of alkyl carbamates (subject to hydrolysis) is 1. The summed E-state index contributed by atoms with van der Waals surface area (Å²) in [5.74, 6) is -1.25. The van der Waals surface area contributed by atoms with Gasteiger partial charge >= 0.3 is 18.0 Å². The van der Waals surface area contributed by atoms with Crippen molar-refractivity contribution in [2.24, 2.45) is 5.41 Å². The van der Waals surface area contributed by atoms with Crippen LogP contribution in [0.3, 0.4) is 0 Å². The van der Waals surface area contributed by atoms with Gasteiger partial charge in [0.1, 0.15) is 18.3 Å². The summed E-state index contributed by atoms with van der Waals surface area (Å²) in [5.41, 5.74) is -0.344. The highest BCUT2D eigenvalue weighted by atomic mass is 79.9. The van der Waals surface area contributed by atoms with Crippen molar-refractivity contribution in [3.8, 4) is 0 Å². The molecule has 1 aliphatic rings. The molecule has 0 saturated carbocycles. The Balaban J connectivity index is 1.76. The molecule has 2 aromatic rings. The Bertz CT molecular complexity index is 1030. The van der Waals surface area contributed by atoms with Crippen LogP contribution in [0.15, 0.2) is 59.1 Å². The molecule has 0 bridgehead atoms. The smallest absolute Gasteiger partial charge is 0.408 e. The van der Waals surface area contributed by atoms with Crippen molar-refractivity contribution in [2.45, 2.75) is 71.3 Å². The number of carbonyl (C=O) groups excluding carboxylic acids is 3. The molecule has 3 rings (SSSR count). The lowest BCUT2D eigenvalue weighted by atomic mass is 9.80. The third kappa shape index (κ3) is 7.07. The number of carbonyl (C=O) groups is 3. The number of cyclic esters (lactones) is 1. The van der Waals surface area contributed by atoms with Gasteiger partial charge in [0, 0.05) is 10.9 Å². The molecule has 1 fully saturated rings. The van der Waals surface area contributed by atoms with Crippen LogP contribution in [0.25, 0.3) is 0 Å². The van der Waals surface area contributed by atoms with E-state index in [1.54, 1.807) is 27.7 Å². The van der Waals surface area contributed by atoms with Crippen LogP contribution < -0.4 is 5.32 Å². The van der Waals surface area contributed by atoms with Gasteiger partial charge in [0.15, 0.2) is 5.41 Å². The fraction of sp³-hybridized carbons (Fsp3) is 0.444. The van der Waals surface area contributed by atoms with Gasteiger partial charge in [0.05, 0.1) is 6.04 Å². The van der Waals surface area contributed by atoms with Gasteiger partial charge in [0.25, 0.3) is 0 Å². The van der Waals surface area contributed by atoms with E-state index >= 15 is 0 Å². The SMILES string of the molecule is CCC1(C(=O)OCc2ccc(Br)cc2)C[C@@H]([C@H](Cc2ccccc2)NC(=O)OC(C)(C)C)OC1=O. The van der Waals surface area contributed by atoms with Crippen molar-refractivity contribution in [1.82, 2.24) is 5.32 Å². The highest BCUT2D eigenvalue weighted by molar-refractivity contribution is 9.10. The molecule has 1 saturated heterocycles. The second kappa shape index (κ2) is 11.2. The number of amides is 1. The van der Waals surface area contributed by atoms with Crippen molar-refractivity contribution < 1.29 is 28.6 Å². The number of halogens is 1. The minimum absolute atomic E-state index is 0.0510. The quantitative estimate of drug-likeness (QED) is 0.273. The fourth-order valence-electron chi connectivity index (χ4n) is 4.01. The summed E-state index contributed by atoms with van der Waals surface area (Å²) in [7, 11) is 0. The maximum Gasteiger partial charge on any atom is 0.408 e. The number of esters is 2. The van der Waals surface area contributed by atoms with Crippen LogP contribution >= 0.6 is 15.9 Å². The second-order valence-corrected chi connectivity index (χ2v) is 10.6. The minimum Gasteiger partial charge on any atom is -0.460 e. The molecule has 0 spiro atoms. The number of hydrogen-bond acceptors (Lipinski definition) is 6. The van der Waals surface area contributed by atoms with E-state index in [0.717, 1.165) is 15.6 Å². The average molecular weight is 546 g/mol. The zero-order valence-corrected chi connectivity index (χ0v) is 22.1. The molecule has 1 amide bonds. The van der Waals surface area contributed by atoms with Crippen molar-refractivity contribution in [3.05, 3.63) is 70.2 Å². The Kier molecular flexibility index (Phi) is 8.59. The monoisotopic (exact) mass is 545 g/mol. The third-order valence-electron chi connectivity index (χ3n) is 5.93. The molecule has 188 valence electrons. The first kappa shape index (κ1) is 26.7. The molecule has 1 heterocycles. The van der Waals surface area contributed by atoms with Crippen molar-refractivity contribution in [2.75, 3.05) is 0 Å². The molecule has 7 nitrogen and oxygen atoms in total. The molecule has 3 atom stereocenters. The Hall–Kier alpha value is -2.87. The summed E-state index contributed by atoms with van der Waals surface area (Å²) in [4.78, 5) is 38.8. The molecular formula is C27H32BrNO6. The van der Waals surface area contributed by atoms with E-state index in [-0.39, 0.29) is 19.4 Å². The predicted molar refractivity (Wildman–Crippen MR) is 134 cm³/mol. The summed E-state index contributed by atoms with van der Waals surface area (Å²) in [6.45, 7) is 7.14. The summed E-state index contributed by atoms with van der Waals surface area (Å²) >= 11 is 3.38. The van der Waals surface area contributed by atoms with Gasteiger partial charge in [0.2, 0.25) is 0 Å². The molecule has 2 aromatic carbocycles. The maximum absolute atomic E-state index is 13.1. The van der Waals surface area contributed by atoms with E-state index in [1.807, 2.05) is 54.6 Å². The van der Waals surface area contributed by atoms with Gasteiger partial charge in [-0.05, 0) is 56.9 Å². The van der Waals surface area contributed by atoms with E-state index in [0.29, 0.717) is 6.42 Å². The maximum atomic E-state index is 13.1. The summed E-state index contributed by atoms with van der Waals surface area (Å²) in [6, 6.07) is 16.4. The molecule has 1 N–H and O–H groups in total. The van der Waals surface area contributed by atoms with Gasteiger partial charge in [-0.2, -0.15) is 0 Å². The summed E-state index contributed by atoms with van der Waals surface area (Å²) in [6.07, 6.45) is -0.580. The Morgan fingerprint density at radius 1 is 1.11 bits per heavy atom. The zero-order valence-electron chi connectivity index (χ0n) is 20.5. The highest BCUT2D eigenvalue weighted by Crippen LogP contribution is 2.40. The molecule has 0 aromatic heterocycles. The lowest BCUT2D eigenvalue weighted by Crippen LogP contribution is -2.47. The van der Waals surface area contributed by atoms with Crippen LogP contribution in [0.1, 0.15) is 51.7 Å². The lowest BCUT2D eigenvalue weighted by molar-refractivity contribution is -0.166. The average Bonchev–Trinajstić information content (AvgIpc) is 3.15. The number of nitrogens with one attached hydrogen (secondary N) is 1. The van der Waals surface area contributed by atoms with Gasteiger partial charge in [-0.1, -0.05) is 65.3 Å². The largest absolute Gasteiger partial charge is 0.460 e. The number of benzene rings is 2. The Morgan fingerprint density at radius 2 is 1.77 bits per heavy atom. The zero-order chi connectivity index (χ0) is 25.6. The molecule has 0 aliphatic carbocycles. The first-order chi connectivity index (χ1) is 16.5. The minimum atomic E-state index is -1.43. The topological polar surface area (TPSA) is 90.9 Å². The van der Waals surface area contributed by atoms with Gasteiger partial charge < -0.3 is 19.5 Å². The van der Waals surface area contributed by atoms with Crippen LogP contribution in [0.2, 0.25) is 0 Å². The van der Waals surface area contributed by atoms with E-state index in [1.165, 1.54) is 0 Å². The number of rotatable bonds is 8. The first-order valence-electron chi connectivity index (χ1n) is 11.7. The molecule has 1 unspecified atom stereocenters. The molecule has 0 radical (unpaired) electrons. The molecule has 8 heteroatoms. The second-order valence-electron chi connectivity index (χ2n) is 9.73. The van der Waals surface area contributed by atoms with Crippen molar-refractivity contribution in [1.29, 1.82) is 0 Å². The third-order valence-corrected chi connectivity index (χ3v) is 6.45. The first-order valence-corrected chi connectivity index (χ1v) is 12.5. The van der Waals surface area contributed by atoms with Crippen LogP contribution in [0, 0.1) is 5.41 Å².